The molecular formula is C14H15N5O. The van der Waals surface area contributed by atoms with Crippen molar-refractivity contribution < 1.29 is 4.79 Å². The molecule has 0 radical (unpaired) electrons. The molecule has 0 fully saturated rings. The van der Waals surface area contributed by atoms with Crippen LogP contribution in [0.2, 0.25) is 0 Å². The zero-order valence-corrected chi connectivity index (χ0v) is 11.1. The predicted octanol–water partition coefficient (Wildman–Crippen LogP) is 1.21. The maximum atomic E-state index is 11.9. The number of nitriles is 1. The number of anilines is 1. The summed E-state index contributed by atoms with van der Waals surface area (Å²) in [6.45, 7) is 2.01. The molecule has 1 amide bonds. The Hall–Kier alpha value is -2.81. The van der Waals surface area contributed by atoms with Crippen molar-refractivity contribution in [2.24, 2.45) is 0 Å². The van der Waals surface area contributed by atoms with Crippen molar-refractivity contribution in [1.29, 1.82) is 5.26 Å². The summed E-state index contributed by atoms with van der Waals surface area (Å²) in [5, 5.41) is 15.6. The number of carbonyl (C=O) groups excluding carboxylic acids is 1. The van der Waals surface area contributed by atoms with Gasteiger partial charge >= 0.3 is 0 Å². The molecule has 1 unspecified atom stereocenters. The smallest absolute Gasteiger partial charge is 0.242 e. The van der Waals surface area contributed by atoms with E-state index in [1.165, 1.54) is 4.68 Å². The molecule has 0 saturated heterocycles. The lowest BCUT2D eigenvalue weighted by Crippen LogP contribution is -2.30. The Kier molecular flexibility index (Phi) is 4.01. The van der Waals surface area contributed by atoms with Crippen LogP contribution in [0, 0.1) is 11.3 Å². The van der Waals surface area contributed by atoms with Crippen LogP contribution in [0.4, 0.5) is 5.82 Å². The molecule has 6 nitrogen and oxygen atoms in total. The lowest BCUT2D eigenvalue weighted by molar-refractivity contribution is -0.122. The molecule has 6 heteroatoms. The number of nitrogens with two attached hydrogens (primary N) is 1. The van der Waals surface area contributed by atoms with Gasteiger partial charge in [0.2, 0.25) is 5.91 Å². The average molecular weight is 269 g/mol. The number of aromatic nitrogens is 2. The van der Waals surface area contributed by atoms with E-state index in [9.17, 15) is 4.79 Å². The highest BCUT2D eigenvalue weighted by Gasteiger charge is 2.10. The molecule has 0 aliphatic heterocycles. The summed E-state index contributed by atoms with van der Waals surface area (Å²) < 4.78 is 1.48. The third-order valence-electron chi connectivity index (χ3n) is 2.88. The van der Waals surface area contributed by atoms with E-state index < -0.39 is 0 Å². The van der Waals surface area contributed by atoms with Crippen molar-refractivity contribution >= 4 is 11.7 Å². The number of nitrogens with zero attached hydrogens (tertiary/aromatic N) is 3. The monoisotopic (exact) mass is 269 g/mol. The minimum absolute atomic E-state index is 0.123. The number of nitrogen functional groups attached to an aromatic ring is 1. The minimum Gasteiger partial charge on any atom is -0.382 e. The Bertz CT molecular complexity index is 638. The van der Waals surface area contributed by atoms with Gasteiger partial charge in [-0.1, -0.05) is 12.1 Å². The molecule has 1 atom stereocenters. The summed E-state index contributed by atoms with van der Waals surface area (Å²) in [6.07, 6.45) is 1.65. The maximum absolute atomic E-state index is 11.9. The van der Waals surface area contributed by atoms with Gasteiger partial charge in [0.05, 0.1) is 17.7 Å². The summed E-state index contributed by atoms with van der Waals surface area (Å²) in [5.41, 5.74) is 7.02. The minimum atomic E-state index is -0.148. The second-order valence-corrected chi connectivity index (χ2v) is 4.46. The van der Waals surface area contributed by atoms with E-state index in [-0.39, 0.29) is 18.5 Å². The number of nitrogens with one attached hydrogen (secondary N) is 1. The molecule has 0 spiro atoms. The predicted molar refractivity (Wildman–Crippen MR) is 74.4 cm³/mol. The van der Waals surface area contributed by atoms with Crippen LogP contribution in [0.5, 0.6) is 0 Å². The van der Waals surface area contributed by atoms with Crippen molar-refractivity contribution in [3.05, 3.63) is 47.7 Å². The molecule has 2 aromatic rings. The van der Waals surface area contributed by atoms with Crippen molar-refractivity contribution in [3.63, 3.8) is 0 Å². The third-order valence-corrected chi connectivity index (χ3v) is 2.88. The van der Waals surface area contributed by atoms with Gasteiger partial charge in [0.1, 0.15) is 12.4 Å². The van der Waals surface area contributed by atoms with Crippen molar-refractivity contribution in [3.8, 4) is 6.07 Å². The number of carbonyl (C=O) groups is 1. The van der Waals surface area contributed by atoms with Gasteiger partial charge in [-0.05, 0) is 30.7 Å². The van der Waals surface area contributed by atoms with Gasteiger partial charge in [-0.15, -0.1) is 0 Å². The molecule has 1 aromatic heterocycles. The number of hydrogen-bond donors (Lipinski definition) is 2. The second kappa shape index (κ2) is 5.89. The lowest BCUT2D eigenvalue weighted by Gasteiger charge is -2.14. The Labute approximate surface area is 116 Å². The molecule has 0 saturated carbocycles. The van der Waals surface area contributed by atoms with E-state index in [1.807, 2.05) is 19.1 Å². The molecule has 3 N–H and O–H groups in total. The Morgan fingerprint density at radius 1 is 1.45 bits per heavy atom. The fourth-order valence-corrected chi connectivity index (χ4v) is 1.83. The van der Waals surface area contributed by atoms with E-state index in [0.717, 1.165) is 5.56 Å². The second-order valence-electron chi connectivity index (χ2n) is 4.46. The maximum Gasteiger partial charge on any atom is 0.242 e. The van der Waals surface area contributed by atoms with Gasteiger partial charge in [-0.25, -0.2) is 0 Å². The van der Waals surface area contributed by atoms with Crippen LogP contribution in [0.25, 0.3) is 0 Å². The quantitative estimate of drug-likeness (QED) is 0.872. The van der Waals surface area contributed by atoms with Gasteiger partial charge in [0.25, 0.3) is 0 Å². The first-order chi connectivity index (χ1) is 9.58. The normalized spacial score (nSPS) is 11.6. The summed E-state index contributed by atoms with van der Waals surface area (Å²) in [7, 11) is 0. The number of rotatable bonds is 4. The Morgan fingerprint density at radius 2 is 2.15 bits per heavy atom. The summed E-state index contributed by atoms with van der Waals surface area (Å²) >= 11 is 0. The molecule has 1 heterocycles. The van der Waals surface area contributed by atoms with Crippen LogP contribution in [0.1, 0.15) is 24.1 Å². The SMILES string of the molecule is CC(NC(=O)Cn1ccc(N)n1)c1ccc(C#N)cc1. The number of hydrogen-bond acceptors (Lipinski definition) is 4. The summed E-state index contributed by atoms with van der Waals surface area (Å²) in [6, 6.07) is 10.7. The first-order valence-corrected chi connectivity index (χ1v) is 6.17. The van der Waals surface area contributed by atoms with E-state index in [2.05, 4.69) is 16.5 Å². The first-order valence-electron chi connectivity index (χ1n) is 6.17. The summed E-state index contributed by atoms with van der Waals surface area (Å²) in [4.78, 5) is 11.9. The average Bonchev–Trinajstić information content (AvgIpc) is 2.84. The lowest BCUT2D eigenvalue weighted by atomic mass is 10.1. The van der Waals surface area contributed by atoms with Gasteiger partial charge in [0, 0.05) is 6.20 Å². The van der Waals surface area contributed by atoms with E-state index >= 15 is 0 Å². The van der Waals surface area contributed by atoms with Crippen LogP contribution >= 0.6 is 0 Å². The molecule has 0 aliphatic rings. The largest absolute Gasteiger partial charge is 0.382 e. The first kappa shape index (κ1) is 13.6. The highest BCUT2D eigenvalue weighted by molar-refractivity contribution is 5.76. The Morgan fingerprint density at radius 3 is 2.70 bits per heavy atom. The van der Waals surface area contributed by atoms with Crippen molar-refractivity contribution in [2.45, 2.75) is 19.5 Å². The van der Waals surface area contributed by atoms with E-state index in [4.69, 9.17) is 11.0 Å². The van der Waals surface area contributed by atoms with Crippen LogP contribution in [0.15, 0.2) is 36.5 Å². The van der Waals surface area contributed by atoms with Crippen molar-refractivity contribution in [1.82, 2.24) is 15.1 Å². The van der Waals surface area contributed by atoms with Crippen LogP contribution in [-0.4, -0.2) is 15.7 Å². The standard InChI is InChI=1S/C14H15N5O/c1-10(12-4-2-11(8-15)3-5-12)17-14(20)9-19-7-6-13(16)18-19/h2-7,10H,9H2,1H3,(H2,16,18)(H,17,20). The van der Waals surface area contributed by atoms with Crippen molar-refractivity contribution in [2.75, 3.05) is 5.73 Å². The van der Waals surface area contributed by atoms with Gasteiger partial charge < -0.3 is 11.1 Å². The molecular weight excluding hydrogens is 254 g/mol. The zero-order valence-electron chi connectivity index (χ0n) is 11.1. The van der Waals surface area contributed by atoms with Crippen LogP contribution in [-0.2, 0) is 11.3 Å². The van der Waals surface area contributed by atoms with Crippen LogP contribution < -0.4 is 11.1 Å². The fraction of sp³-hybridized carbons (Fsp3) is 0.214. The van der Waals surface area contributed by atoms with Gasteiger partial charge in [-0.3, -0.25) is 9.48 Å². The molecule has 102 valence electrons. The van der Waals surface area contributed by atoms with Gasteiger partial charge in [-0.2, -0.15) is 10.4 Å². The zero-order chi connectivity index (χ0) is 14.5. The topological polar surface area (TPSA) is 96.7 Å². The summed E-state index contributed by atoms with van der Waals surface area (Å²) in [5.74, 6) is 0.239. The van der Waals surface area contributed by atoms with E-state index in [1.54, 1.807) is 24.4 Å². The third kappa shape index (κ3) is 3.36. The van der Waals surface area contributed by atoms with E-state index in [0.29, 0.717) is 11.4 Å². The molecule has 1 aromatic carbocycles. The number of benzene rings is 1. The van der Waals surface area contributed by atoms with Gasteiger partial charge in [0.15, 0.2) is 0 Å². The van der Waals surface area contributed by atoms with Crippen LogP contribution in [0.3, 0.4) is 0 Å². The molecule has 0 bridgehead atoms. The molecule has 20 heavy (non-hydrogen) atoms. The highest BCUT2D eigenvalue weighted by Crippen LogP contribution is 2.13. The molecule has 2 rings (SSSR count). The number of amides is 1. The molecule has 0 aliphatic carbocycles. The highest BCUT2D eigenvalue weighted by atomic mass is 16.2. The Balaban J connectivity index is 1.94. The fourth-order valence-electron chi connectivity index (χ4n) is 1.83.